The maximum Gasteiger partial charge on any atom is 0.331 e. The molecule has 0 bridgehead atoms. The van der Waals surface area contributed by atoms with Crippen LogP contribution in [0.25, 0.3) is 0 Å². The molecule has 2 aliphatic heterocycles. The number of carbonyl (C=O) groups is 2. The van der Waals surface area contributed by atoms with E-state index in [1.807, 2.05) is 35.2 Å². The van der Waals surface area contributed by atoms with Gasteiger partial charge in [0.1, 0.15) is 0 Å². The summed E-state index contributed by atoms with van der Waals surface area (Å²) >= 11 is 0. The Bertz CT molecular complexity index is 645. The molecule has 2 saturated heterocycles. The highest BCUT2D eigenvalue weighted by Gasteiger charge is 2.47. The summed E-state index contributed by atoms with van der Waals surface area (Å²) in [7, 11) is 0. The number of ether oxygens (including phenoxy) is 1. The first-order valence-corrected chi connectivity index (χ1v) is 9.75. The van der Waals surface area contributed by atoms with Gasteiger partial charge in [-0.1, -0.05) is 31.0 Å². The minimum absolute atomic E-state index is 0.0199. The molecule has 0 spiro atoms. The van der Waals surface area contributed by atoms with Crippen LogP contribution in [-0.2, 0) is 9.53 Å². The van der Waals surface area contributed by atoms with Crippen LogP contribution in [-0.4, -0.2) is 67.2 Å². The number of carbonyl (C=O) groups excluding carboxylic acids is 2. The first-order valence-electron chi connectivity index (χ1n) is 9.75. The molecular formula is C20H27N3O3. The van der Waals surface area contributed by atoms with E-state index in [9.17, 15) is 9.59 Å². The highest BCUT2D eigenvalue weighted by atomic mass is 16.5. The van der Waals surface area contributed by atoms with Crippen molar-refractivity contribution in [1.82, 2.24) is 9.80 Å². The first kappa shape index (κ1) is 17.5. The van der Waals surface area contributed by atoms with E-state index in [1.165, 1.54) is 4.90 Å². The van der Waals surface area contributed by atoms with Gasteiger partial charge in [-0.25, -0.2) is 9.69 Å². The number of urea groups is 1. The third-order valence-corrected chi connectivity index (χ3v) is 5.88. The van der Waals surface area contributed by atoms with E-state index in [1.54, 1.807) is 0 Å². The van der Waals surface area contributed by atoms with Gasteiger partial charge in [-0.15, -0.1) is 0 Å². The highest BCUT2D eigenvalue weighted by molar-refractivity contribution is 6.17. The summed E-state index contributed by atoms with van der Waals surface area (Å²) in [6, 6.07) is 9.25. The number of para-hydroxylation sites is 1. The third kappa shape index (κ3) is 3.35. The summed E-state index contributed by atoms with van der Waals surface area (Å²) in [6.07, 6.45) is 3.99. The average Bonchev–Trinajstić information content (AvgIpc) is 2.70. The zero-order chi connectivity index (χ0) is 17.9. The Morgan fingerprint density at radius 3 is 2.46 bits per heavy atom. The summed E-state index contributed by atoms with van der Waals surface area (Å²) in [5.74, 6) is -0.0835. The summed E-state index contributed by atoms with van der Waals surface area (Å²) in [5, 5.41) is 0. The molecule has 0 N–H and O–H groups in total. The number of hydrogen-bond donors (Lipinski definition) is 0. The fourth-order valence-corrected chi connectivity index (χ4v) is 4.45. The highest BCUT2D eigenvalue weighted by Crippen LogP contribution is 2.36. The molecule has 3 amide bonds. The number of amides is 3. The molecular weight excluding hydrogens is 330 g/mol. The molecule has 2 atom stereocenters. The van der Waals surface area contributed by atoms with Crippen molar-refractivity contribution in [3.63, 3.8) is 0 Å². The molecule has 1 aromatic rings. The third-order valence-electron chi connectivity index (χ3n) is 5.88. The Kier molecular flexibility index (Phi) is 5.22. The number of imide groups is 1. The lowest BCUT2D eigenvalue weighted by molar-refractivity contribution is -0.126. The lowest BCUT2D eigenvalue weighted by Crippen LogP contribution is -2.63. The van der Waals surface area contributed by atoms with Crippen molar-refractivity contribution in [2.45, 2.75) is 31.7 Å². The Morgan fingerprint density at radius 2 is 1.69 bits per heavy atom. The number of morpholine rings is 1. The molecule has 6 heteroatoms. The van der Waals surface area contributed by atoms with E-state index in [-0.39, 0.29) is 23.9 Å². The lowest BCUT2D eigenvalue weighted by atomic mass is 9.81. The second-order valence-corrected chi connectivity index (χ2v) is 7.40. The zero-order valence-electron chi connectivity index (χ0n) is 15.2. The maximum absolute atomic E-state index is 13.3. The van der Waals surface area contributed by atoms with Gasteiger partial charge in [0.25, 0.3) is 0 Å². The Hall–Kier alpha value is -1.92. The molecule has 3 aliphatic rings. The number of anilines is 1. The normalized spacial score (nSPS) is 27.5. The van der Waals surface area contributed by atoms with Gasteiger partial charge in [-0.2, -0.15) is 0 Å². The SMILES string of the molecule is O=C1C2CCCCC2N(CCN2CCOCC2)C(=O)N1c1ccccc1. The molecule has 3 fully saturated rings. The lowest BCUT2D eigenvalue weighted by Gasteiger charge is -2.47. The first-order chi connectivity index (χ1) is 12.8. The van der Waals surface area contributed by atoms with Gasteiger partial charge in [-0.05, 0) is 25.0 Å². The van der Waals surface area contributed by atoms with Gasteiger partial charge in [0, 0.05) is 32.2 Å². The fourth-order valence-electron chi connectivity index (χ4n) is 4.45. The van der Waals surface area contributed by atoms with Crippen molar-refractivity contribution in [2.24, 2.45) is 5.92 Å². The van der Waals surface area contributed by atoms with Gasteiger partial charge in [0.05, 0.1) is 24.8 Å². The Labute approximate surface area is 154 Å². The van der Waals surface area contributed by atoms with Crippen LogP contribution in [0.1, 0.15) is 25.7 Å². The van der Waals surface area contributed by atoms with Crippen molar-refractivity contribution in [2.75, 3.05) is 44.3 Å². The second kappa shape index (κ2) is 7.76. The smallest absolute Gasteiger partial charge is 0.331 e. The molecule has 1 aromatic carbocycles. The Balaban J connectivity index is 1.55. The van der Waals surface area contributed by atoms with E-state index >= 15 is 0 Å². The summed E-state index contributed by atoms with van der Waals surface area (Å²) in [5.41, 5.74) is 0.683. The molecule has 2 unspecified atom stereocenters. The zero-order valence-corrected chi connectivity index (χ0v) is 15.2. The van der Waals surface area contributed by atoms with E-state index in [0.717, 1.165) is 58.5 Å². The molecule has 26 heavy (non-hydrogen) atoms. The van der Waals surface area contributed by atoms with E-state index in [0.29, 0.717) is 12.2 Å². The monoisotopic (exact) mass is 357 g/mol. The van der Waals surface area contributed by atoms with E-state index < -0.39 is 0 Å². The maximum atomic E-state index is 13.3. The van der Waals surface area contributed by atoms with Crippen LogP contribution in [0, 0.1) is 5.92 Å². The predicted molar refractivity (Wildman–Crippen MR) is 99.0 cm³/mol. The van der Waals surface area contributed by atoms with E-state index in [2.05, 4.69) is 4.90 Å². The second-order valence-electron chi connectivity index (χ2n) is 7.40. The van der Waals surface area contributed by atoms with Crippen LogP contribution in [0.15, 0.2) is 30.3 Å². The standard InChI is InChI=1S/C20H27N3O3/c24-19-17-8-4-5-9-18(17)22(11-10-21-12-14-26-15-13-21)20(25)23(19)16-6-2-1-3-7-16/h1-3,6-7,17-18H,4-5,8-15H2. The van der Waals surface area contributed by atoms with Gasteiger partial charge in [0.2, 0.25) is 5.91 Å². The fraction of sp³-hybridized carbons (Fsp3) is 0.600. The van der Waals surface area contributed by atoms with Crippen LogP contribution in [0.3, 0.4) is 0 Å². The van der Waals surface area contributed by atoms with Crippen molar-refractivity contribution in [1.29, 1.82) is 0 Å². The van der Waals surface area contributed by atoms with Crippen LogP contribution < -0.4 is 4.90 Å². The predicted octanol–water partition coefficient (Wildman–Crippen LogP) is 2.35. The van der Waals surface area contributed by atoms with Crippen LogP contribution >= 0.6 is 0 Å². The molecule has 6 nitrogen and oxygen atoms in total. The minimum Gasteiger partial charge on any atom is -0.379 e. The topological polar surface area (TPSA) is 53.1 Å². The molecule has 2 heterocycles. The average molecular weight is 357 g/mol. The summed E-state index contributed by atoms with van der Waals surface area (Å²) in [4.78, 5) is 32.0. The van der Waals surface area contributed by atoms with Gasteiger partial charge < -0.3 is 9.64 Å². The molecule has 4 rings (SSSR count). The number of fused-ring (bicyclic) bond motifs is 1. The van der Waals surface area contributed by atoms with Gasteiger partial charge >= 0.3 is 6.03 Å². The molecule has 1 aliphatic carbocycles. The van der Waals surface area contributed by atoms with Crippen LogP contribution in [0.5, 0.6) is 0 Å². The molecule has 1 saturated carbocycles. The molecule has 0 radical (unpaired) electrons. The summed E-state index contributed by atoms with van der Waals surface area (Å²) < 4.78 is 5.41. The number of hydrogen-bond acceptors (Lipinski definition) is 4. The van der Waals surface area contributed by atoms with Crippen LogP contribution in [0.4, 0.5) is 10.5 Å². The minimum atomic E-state index is -0.155. The van der Waals surface area contributed by atoms with E-state index in [4.69, 9.17) is 4.74 Å². The number of benzene rings is 1. The number of nitrogens with zero attached hydrogens (tertiary/aromatic N) is 3. The molecule has 140 valence electrons. The largest absolute Gasteiger partial charge is 0.379 e. The molecule has 0 aromatic heterocycles. The Morgan fingerprint density at radius 1 is 0.962 bits per heavy atom. The number of rotatable bonds is 4. The van der Waals surface area contributed by atoms with Crippen molar-refractivity contribution >= 4 is 17.6 Å². The van der Waals surface area contributed by atoms with Crippen LogP contribution in [0.2, 0.25) is 0 Å². The van der Waals surface area contributed by atoms with Crippen molar-refractivity contribution < 1.29 is 14.3 Å². The van der Waals surface area contributed by atoms with Crippen molar-refractivity contribution in [3.8, 4) is 0 Å². The summed E-state index contributed by atoms with van der Waals surface area (Å²) in [6.45, 7) is 4.86. The van der Waals surface area contributed by atoms with Gasteiger partial charge in [0.15, 0.2) is 0 Å². The van der Waals surface area contributed by atoms with Gasteiger partial charge in [-0.3, -0.25) is 9.69 Å². The van der Waals surface area contributed by atoms with Crippen molar-refractivity contribution in [3.05, 3.63) is 30.3 Å². The quantitative estimate of drug-likeness (QED) is 0.830.